The Balaban J connectivity index is 1.79. The second-order valence-corrected chi connectivity index (χ2v) is 9.17. The number of ether oxygens (including phenoxy) is 1. The monoisotopic (exact) mass is 472 g/mol. The average Bonchev–Trinajstić information content (AvgIpc) is 3.21. The predicted molar refractivity (Wildman–Crippen MR) is 131 cm³/mol. The first kappa shape index (κ1) is 24.1. The lowest BCUT2D eigenvalue weighted by atomic mass is 10.2. The maximum absolute atomic E-state index is 13.0. The fourth-order valence-electron chi connectivity index (χ4n) is 3.47. The molecule has 0 saturated heterocycles. The Morgan fingerprint density at radius 1 is 1.09 bits per heavy atom. The summed E-state index contributed by atoms with van der Waals surface area (Å²) in [5.74, 6) is 1.34. The molecule has 0 aliphatic rings. The Morgan fingerprint density at radius 3 is 2.41 bits per heavy atom. The van der Waals surface area contributed by atoms with E-state index in [1.165, 1.54) is 11.8 Å². The van der Waals surface area contributed by atoms with Crippen LogP contribution >= 0.6 is 23.4 Å². The molecule has 1 atom stereocenters. The SMILES string of the molecule is CCC(CC)n1c(COc2ccccc2Cl)nnc1SC(C)C(=O)N(C)c1ccccc1. The zero-order valence-electron chi connectivity index (χ0n) is 18.9. The minimum atomic E-state index is -0.324. The van der Waals surface area contributed by atoms with Crippen LogP contribution in [0.3, 0.4) is 0 Å². The highest BCUT2D eigenvalue weighted by Gasteiger charge is 2.25. The number of benzene rings is 2. The third-order valence-electron chi connectivity index (χ3n) is 5.34. The molecule has 32 heavy (non-hydrogen) atoms. The van der Waals surface area contributed by atoms with Crippen molar-refractivity contribution in [2.24, 2.45) is 0 Å². The second kappa shape index (κ2) is 11.4. The summed E-state index contributed by atoms with van der Waals surface area (Å²) < 4.78 is 8.03. The molecule has 3 aromatic rings. The summed E-state index contributed by atoms with van der Waals surface area (Å²) in [6, 6.07) is 17.2. The highest BCUT2D eigenvalue weighted by Crippen LogP contribution is 2.31. The number of halogens is 1. The van der Waals surface area contributed by atoms with Crippen molar-refractivity contribution < 1.29 is 9.53 Å². The lowest BCUT2D eigenvalue weighted by Crippen LogP contribution is -2.33. The molecular formula is C24H29ClN4O2S. The number of amides is 1. The smallest absolute Gasteiger partial charge is 0.240 e. The summed E-state index contributed by atoms with van der Waals surface area (Å²) >= 11 is 7.64. The van der Waals surface area contributed by atoms with Gasteiger partial charge in [0.25, 0.3) is 0 Å². The topological polar surface area (TPSA) is 60.2 Å². The molecule has 1 heterocycles. The second-order valence-electron chi connectivity index (χ2n) is 7.45. The van der Waals surface area contributed by atoms with Crippen LogP contribution in [0.15, 0.2) is 59.8 Å². The number of aromatic nitrogens is 3. The van der Waals surface area contributed by atoms with Crippen molar-refractivity contribution in [2.75, 3.05) is 11.9 Å². The molecule has 0 aliphatic carbocycles. The van der Waals surface area contributed by atoms with Gasteiger partial charge < -0.3 is 14.2 Å². The standard InChI is InChI=1S/C24H29ClN4O2S/c1-5-18(6-2)29-22(16-31-21-15-11-10-14-20(21)25)26-27-24(29)32-17(3)23(30)28(4)19-12-8-7-9-13-19/h7-15,17-18H,5-6,16H2,1-4H3. The van der Waals surface area contributed by atoms with E-state index >= 15 is 0 Å². The molecule has 2 aromatic carbocycles. The number of thioether (sulfide) groups is 1. The molecule has 0 fully saturated rings. The van der Waals surface area contributed by atoms with Gasteiger partial charge in [0.2, 0.25) is 5.91 Å². The van der Waals surface area contributed by atoms with Gasteiger partial charge in [-0.25, -0.2) is 0 Å². The number of hydrogen-bond acceptors (Lipinski definition) is 5. The summed E-state index contributed by atoms with van der Waals surface area (Å²) in [5, 5.41) is 9.76. The van der Waals surface area contributed by atoms with E-state index in [1.54, 1.807) is 18.0 Å². The molecular weight excluding hydrogens is 444 g/mol. The molecule has 1 unspecified atom stereocenters. The van der Waals surface area contributed by atoms with Crippen LogP contribution < -0.4 is 9.64 Å². The van der Waals surface area contributed by atoms with Crippen LogP contribution in [0.4, 0.5) is 5.69 Å². The van der Waals surface area contributed by atoms with E-state index in [9.17, 15) is 4.79 Å². The van der Waals surface area contributed by atoms with Gasteiger partial charge in [-0.15, -0.1) is 10.2 Å². The van der Waals surface area contributed by atoms with Crippen LogP contribution in [-0.2, 0) is 11.4 Å². The van der Waals surface area contributed by atoms with Gasteiger partial charge in [0.1, 0.15) is 12.4 Å². The van der Waals surface area contributed by atoms with Gasteiger partial charge in [-0.1, -0.05) is 67.5 Å². The van der Waals surface area contributed by atoms with E-state index < -0.39 is 0 Å². The van der Waals surface area contributed by atoms with E-state index in [1.807, 2.05) is 55.5 Å². The number of carbonyl (C=O) groups excluding carboxylic acids is 1. The zero-order valence-corrected chi connectivity index (χ0v) is 20.4. The lowest BCUT2D eigenvalue weighted by molar-refractivity contribution is -0.117. The maximum atomic E-state index is 13.0. The molecule has 1 aromatic heterocycles. The molecule has 8 heteroatoms. The summed E-state index contributed by atoms with van der Waals surface area (Å²) in [6.07, 6.45) is 1.85. The molecule has 0 N–H and O–H groups in total. The largest absolute Gasteiger partial charge is 0.484 e. The summed E-state index contributed by atoms with van der Waals surface area (Å²) in [6.45, 7) is 6.43. The van der Waals surface area contributed by atoms with E-state index in [2.05, 4.69) is 28.6 Å². The maximum Gasteiger partial charge on any atom is 0.240 e. The number of para-hydroxylation sites is 2. The van der Waals surface area contributed by atoms with Gasteiger partial charge in [-0.3, -0.25) is 4.79 Å². The van der Waals surface area contributed by atoms with Crippen molar-refractivity contribution in [1.29, 1.82) is 0 Å². The fourth-order valence-corrected chi connectivity index (χ4v) is 4.69. The zero-order chi connectivity index (χ0) is 23.1. The van der Waals surface area contributed by atoms with Gasteiger partial charge in [-0.2, -0.15) is 0 Å². The van der Waals surface area contributed by atoms with Crippen molar-refractivity contribution in [3.05, 3.63) is 65.4 Å². The van der Waals surface area contributed by atoms with Gasteiger partial charge in [-0.05, 0) is 44.0 Å². The van der Waals surface area contributed by atoms with Crippen molar-refractivity contribution in [2.45, 2.75) is 56.7 Å². The first-order chi connectivity index (χ1) is 15.5. The van der Waals surface area contributed by atoms with Crippen molar-refractivity contribution in [3.63, 3.8) is 0 Å². The third-order valence-corrected chi connectivity index (χ3v) is 6.70. The summed E-state index contributed by atoms with van der Waals surface area (Å²) in [7, 11) is 1.79. The highest BCUT2D eigenvalue weighted by molar-refractivity contribution is 8.00. The molecule has 6 nitrogen and oxygen atoms in total. The molecule has 1 amide bonds. The minimum absolute atomic E-state index is 0.00849. The number of rotatable bonds is 10. The van der Waals surface area contributed by atoms with Crippen molar-refractivity contribution >= 4 is 35.0 Å². The van der Waals surface area contributed by atoms with Gasteiger partial charge in [0.05, 0.1) is 10.3 Å². The number of hydrogen-bond donors (Lipinski definition) is 0. The Morgan fingerprint density at radius 2 is 1.75 bits per heavy atom. The molecule has 170 valence electrons. The Labute approximate surface area is 198 Å². The fraction of sp³-hybridized carbons (Fsp3) is 0.375. The van der Waals surface area contributed by atoms with Gasteiger partial charge >= 0.3 is 0 Å². The van der Waals surface area contributed by atoms with E-state index in [-0.39, 0.29) is 23.8 Å². The molecule has 3 rings (SSSR count). The molecule has 0 spiro atoms. The minimum Gasteiger partial charge on any atom is -0.484 e. The molecule has 0 bridgehead atoms. The van der Waals surface area contributed by atoms with Crippen LogP contribution in [0, 0.1) is 0 Å². The van der Waals surface area contributed by atoms with E-state index in [0.29, 0.717) is 10.8 Å². The van der Waals surface area contributed by atoms with Crippen molar-refractivity contribution in [3.8, 4) is 5.75 Å². The van der Waals surface area contributed by atoms with Gasteiger partial charge in [0, 0.05) is 18.8 Å². The van der Waals surface area contributed by atoms with E-state index in [4.69, 9.17) is 16.3 Å². The van der Waals surface area contributed by atoms with Crippen LogP contribution in [-0.4, -0.2) is 33.0 Å². The van der Waals surface area contributed by atoms with Crippen LogP contribution in [0.25, 0.3) is 0 Å². The Bertz CT molecular complexity index is 1020. The van der Waals surface area contributed by atoms with Crippen molar-refractivity contribution in [1.82, 2.24) is 14.8 Å². The van der Waals surface area contributed by atoms with Crippen LogP contribution in [0.5, 0.6) is 5.75 Å². The number of anilines is 1. The van der Waals surface area contributed by atoms with E-state index in [0.717, 1.165) is 29.5 Å². The third kappa shape index (κ3) is 5.64. The normalized spacial score (nSPS) is 12.1. The lowest BCUT2D eigenvalue weighted by Gasteiger charge is -2.23. The molecule has 0 saturated carbocycles. The first-order valence-electron chi connectivity index (χ1n) is 10.8. The van der Waals surface area contributed by atoms with Gasteiger partial charge in [0.15, 0.2) is 11.0 Å². The van der Waals surface area contributed by atoms with Crippen LogP contribution in [0.1, 0.15) is 45.5 Å². The Hall–Kier alpha value is -2.51. The first-order valence-corrected chi connectivity index (χ1v) is 12.0. The molecule has 0 aliphatic heterocycles. The average molecular weight is 473 g/mol. The predicted octanol–water partition coefficient (Wildman–Crippen LogP) is 6.02. The van der Waals surface area contributed by atoms with Crippen LogP contribution in [0.2, 0.25) is 5.02 Å². The number of nitrogens with zero attached hydrogens (tertiary/aromatic N) is 4. The molecule has 0 radical (unpaired) electrons. The quantitative estimate of drug-likeness (QED) is 0.338. The Kier molecular flexibility index (Phi) is 8.59. The summed E-state index contributed by atoms with van der Waals surface area (Å²) in [5.41, 5.74) is 0.861. The highest BCUT2D eigenvalue weighted by atomic mass is 35.5. The summed E-state index contributed by atoms with van der Waals surface area (Å²) in [4.78, 5) is 14.7. The number of carbonyl (C=O) groups is 1.